The first-order valence-electron chi connectivity index (χ1n) is 17.9. The van der Waals surface area contributed by atoms with E-state index in [-0.39, 0.29) is 35.9 Å². The summed E-state index contributed by atoms with van der Waals surface area (Å²) in [7, 11) is -2.15. The molecular weight excluding hydrogens is 714 g/mol. The number of likely N-dealkylation sites (tertiary alicyclic amines) is 1. The number of carbonyl (C=O) groups is 4. The van der Waals surface area contributed by atoms with Crippen molar-refractivity contribution in [1.82, 2.24) is 9.88 Å². The molecule has 0 aliphatic carbocycles. The third kappa shape index (κ3) is 8.06. The number of hydrogen-bond acceptors (Lipinski definition) is 6. The average molecular weight is 758 g/mol. The van der Waals surface area contributed by atoms with Crippen LogP contribution in [-0.2, 0) is 25.2 Å². The molecule has 0 spiro atoms. The highest BCUT2D eigenvalue weighted by molar-refractivity contribution is 7.96. The Morgan fingerprint density at radius 3 is 1.76 bits per heavy atom. The van der Waals surface area contributed by atoms with Crippen molar-refractivity contribution in [2.75, 3.05) is 5.32 Å². The summed E-state index contributed by atoms with van der Waals surface area (Å²) < 4.78 is 6.44. The third-order valence-corrected chi connectivity index (χ3v) is 14.8. The van der Waals surface area contributed by atoms with Crippen molar-refractivity contribution in [3.05, 3.63) is 151 Å². The summed E-state index contributed by atoms with van der Waals surface area (Å²) in [6.07, 6.45) is 2.63. The van der Waals surface area contributed by atoms with Crippen molar-refractivity contribution in [2.45, 2.75) is 51.6 Å². The van der Waals surface area contributed by atoms with Crippen molar-refractivity contribution in [3.8, 4) is 0 Å². The van der Waals surface area contributed by atoms with Gasteiger partial charge in [-0.15, -0.1) is 0 Å². The van der Waals surface area contributed by atoms with Crippen LogP contribution in [0.25, 0.3) is 0 Å². The number of carbonyl (C=O) groups excluding carboxylic acids is 3. The second-order valence-electron chi connectivity index (χ2n) is 14.3. The van der Waals surface area contributed by atoms with E-state index in [2.05, 4.69) is 10.3 Å². The standard InChI is InChI=1S/C43H44N3O6PSi/c1-30(52-54(2,3)4)40-37(29-38(47)32-22-20-31(21-23-32)28-39(48)45-33-24-26-44-27-25-33)46(41(40)49)42(43(50)51)53(34-14-8-5-9-15-34,35-16-10-6-11-17-35)36-18-12-7-13-19-36/h5-27,30,37,40H,28-29H2,1-4H3,(H,50,51)(H,44,45,48)/t30-,37-,40-/m1/s1. The number of aliphatic carboxylic acids is 1. The number of benzene rings is 4. The maximum Gasteiger partial charge on any atom is 0.353 e. The number of Topliss-reactive ketones (excluding diaryl/α,β-unsaturated/α-hetero) is 1. The van der Waals surface area contributed by atoms with Crippen LogP contribution in [0.5, 0.6) is 0 Å². The molecule has 6 rings (SSSR count). The van der Waals surface area contributed by atoms with Gasteiger partial charge in [-0.1, -0.05) is 115 Å². The molecule has 1 aliphatic heterocycles. The fourth-order valence-electron chi connectivity index (χ4n) is 7.31. The molecule has 11 heteroatoms. The maximum atomic E-state index is 14.6. The van der Waals surface area contributed by atoms with Gasteiger partial charge in [0.25, 0.3) is 0 Å². The molecule has 2 N–H and O–H groups in total. The van der Waals surface area contributed by atoms with E-state index in [1.165, 1.54) is 4.90 Å². The molecule has 4 aromatic carbocycles. The molecular formula is C43H44N3O6PSi. The lowest BCUT2D eigenvalue weighted by Crippen LogP contribution is -2.69. The van der Waals surface area contributed by atoms with Crippen molar-refractivity contribution in [2.24, 2.45) is 5.92 Å². The monoisotopic (exact) mass is 757 g/mol. The number of nitrogens with zero attached hydrogens (tertiary/aromatic N) is 2. The Morgan fingerprint density at radius 2 is 1.30 bits per heavy atom. The van der Waals surface area contributed by atoms with Crippen molar-refractivity contribution in [3.63, 3.8) is 0 Å². The fourth-order valence-corrected chi connectivity index (χ4v) is 12.9. The number of ketones is 1. The van der Waals surface area contributed by atoms with Crippen molar-refractivity contribution >= 4 is 65.8 Å². The minimum Gasteiger partial charge on any atom is -0.477 e. The van der Waals surface area contributed by atoms with Gasteiger partial charge < -0.3 is 19.7 Å². The zero-order valence-electron chi connectivity index (χ0n) is 30.8. The number of amides is 2. The Bertz CT molecular complexity index is 2070. The predicted octanol–water partition coefficient (Wildman–Crippen LogP) is 6.11. The Hall–Kier alpha value is -5.41. The maximum absolute atomic E-state index is 14.6. The smallest absolute Gasteiger partial charge is 0.353 e. The van der Waals surface area contributed by atoms with E-state index in [4.69, 9.17) is 4.43 Å². The SMILES string of the molecule is C[C@@H](O[Si](C)(C)C)[C@H]1C(=O)N(C(C(=O)O)=P(c2ccccc2)(c2ccccc2)c2ccccc2)[C@@H]1CC(=O)c1ccc(CC(=O)Nc2ccncc2)cc1. The second kappa shape index (κ2) is 16.3. The summed E-state index contributed by atoms with van der Waals surface area (Å²) in [5.74, 6) is -2.79. The number of β-lactam (4-membered cyclic amide) rings is 1. The molecule has 0 bridgehead atoms. The van der Waals surface area contributed by atoms with Crippen LogP contribution in [0, 0.1) is 5.92 Å². The molecule has 276 valence electrons. The number of rotatable bonds is 14. The Labute approximate surface area is 317 Å². The van der Waals surface area contributed by atoms with Crippen LogP contribution in [0.3, 0.4) is 0 Å². The highest BCUT2D eigenvalue weighted by Gasteiger charge is 2.56. The molecule has 54 heavy (non-hydrogen) atoms. The Kier molecular flexibility index (Phi) is 11.6. The molecule has 0 radical (unpaired) electrons. The van der Waals surface area contributed by atoms with Gasteiger partial charge in [-0.2, -0.15) is 0 Å². The van der Waals surface area contributed by atoms with Gasteiger partial charge in [0.2, 0.25) is 11.8 Å². The van der Waals surface area contributed by atoms with Crippen LogP contribution >= 0.6 is 6.89 Å². The molecule has 3 atom stereocenters. The van der Waals surface area contributed by atoms with E-state index < -0.39 is 39.2 Å². The number of hydrogen-bond donors (Lipinski definition) is 2. The molecule has 1 saturated heterocycles. The van der Waals surface area contributed by atoms with Crippen LogP contribution < -0.4 is 21.2 Å². The summed E-state index contributed by atoms with van der Waals surface area (Å²) in [5, 5.41) is 16.5. The lowest BCUT2D eigenvalue weighted by Gasteiger charge is -2.51. The molecule has 1 aliphatic rings. The van der Waals surface area contributed by atoms with Crippen LogP contribution in [0.4, 0.5) is 5.69 Å². The summed E-state index contributed by atoms with van der Waals surface area (Å²) in [5.41, 5.74) is 1.72. The van der Waals surface area contributed by atoms with Gasteiger partial charge in [0.1, 0.15) is 5.42 Å². The molecule has 2 heterocycles. The number of anilines is 1. The Morgan fingerprint density at radius 1 is 0.796 bits per heavy atom. The second-order valence-corrected chi connectivity index (χ2v) is 22.1. The highest BCUT2D eigenvalue weighted by atomic mass is 31.2. The molecule has 0 unspecified atom stereocenters. The first-order chi connectivity index (χ1) is 25.9. The molecule has 9 nitrogen and oxygen atoms in total. The van der Waals surface area contributed by atoms with E-state index in [1.807, 2.05) is 118 Å². The Balaban J connectivity index is 1.44. The first-order valence-corrected chi connectivity index (χ1v) is 23.1. The van der Waals surface area contributed by atoms with Crippen LogP contribution in [0.2, 0.25) is 19.6 Å². The highest BCUT2D eigenvalue weighted by Crippen LogP contribution is 2.50. The van der Waals surface area contributed by atoms with Gasteiger partial charge in [-0.3, -0.25) is 19.4 Å². The lowest BCUT2D eigenvalue weighted by atomic mass is 9.79. The number of aromatic nitrogens is 1. The molecule has 0 saturated carbocycles. The van der Waals surface area contributed by atoms with Gasteiger partial charge in [0.05, 0.1) is 24.5 Å². The molecule has 5 aromatic rings. The summed E-state index contributed by atoms with van der Waals surface area (Å²) in [4.78, 5) is 60.8. The summed E-state index contributed by atoms with van der Waals surface area (Å²) in [6.45, 7) is 4.72. The normalized spacial score (nSPS) is 16.2. The number of carboxylic acid groups (broad SMARTS) is 1. The quantitative estimate of drug-likeness (QED) is 0.0606. The minimum atomic E-state index is -3.24. The van der Waals surface area contributed by atoms with E-state index in [0.717, 1.165) is 21.5 Å². The van der Waals surface area contributed by atoms with Crippen molar-refractivity contribution in [1.29, 1.82) is 0 Å². The minimum absolute atomic E-state index is 0.0408. The number of carboxylic acids is 1. The van der Waals surface area contributed by atoms with E-state index in [0.29, 0.717) is 11.3 Å². The van der Waals surface area contributed by atoms with E-state index in [1.54, 1.807) is 48.8 Å². The molecule has 1 fully saturated rings. The van der Waals surface area contributed by atoms with Gasteiger partial charge in [-0.05, 0) is 60.2 Å². The first kappa shape index (κ1) is 38.3. The average Bonchev–Trinajstić information content (AvgIpc) is 3.15. The van der Waals surface area contributed by atoms with Crippen LogP contribution in [-0.4, -0.2) is 64.4 Å². The van der Waals surface area contributed by atoms with Gasteiger partial charge in [-0.25, -0.2) is 4.79 Å². The zero-order valence-corrected chi connectivity index (χ0v) is 32.6. The lowest BCUT2D eigenvalue weighted by molar-refractivity contribution is -0.155. The topological polar surface area (TPSA) is 126 Å². The largest absolute Gasteiger partial charge is 0.477 e. The van der Waals surface area contributed by atoms with Crippen LogP contribution in [0.15, 0.2) is 140 Å². The van der Waals surface area contributed by atoms with Crippen LogP contribution in [0.1, 0.15) is 29.3 Å². The van der Waals surface area contributed by atoms with Gasteiger partial charge in [0.15, 0.2) is 14.1 Å². The number of nitrogens with one attached hydrogen (secondary N) is 1. The third-order valence-electron chi connectivity index (χ3n) is 9.48. The predicted molar refractivity (Wildman–Crippen MR) is 218 cm³/mol. The van der Waals surface area contributed by atoms with E-state index >= 15 is 0 Å². The summed E-state index contributed by atoms with van der Waals surface area (Å²) in [6, 6.07) is 37.9. The molecule has 1 aromatic heterocycles. The van der Waals surface area contributed by atoms with Gasteiger partial charge >= 0.3 is 5.97 Å². The van der Waals surface area contributed by atoms with E-state index in [9.17, 15) is 24.3 Å². The summed E-state index contributed by atoms with van der Waals surface area (Å²) >= 11 is 0. The van der Waals surface area contributed by atoms with Gasteiger partial charge in [0, 0.05) is 37.0 Å². The van der Waals surface area contributed by atoms with Crippen molar-refractivity contribution < 1.29 is 28.7 Å². The number of pyridine rings is 1. The fraction of sp³-hybridized carbons (Fsp3) is 0.209. The molecule has 2 amide bonds. The zero-order chi connectivity index (χ0) is 38.5.